The van der Waals surface area contributed by atoms with Gasteiger partial charge in [0.15, 0.2) is 0 Å². The number of nitrogens with zero attached hydrogens (tertiary/aromatic N) is 1. The second-order valence-electron chi connectivity index (χ2n) is 4.56. The summed E-state index contributed by atoms with van der Waals surface area (Å²) in [6.07, 6.45) is 1.33. The normalized spacial score (nSPS) is 19.3. The highest BCUT2D eigenvalue weighted by Gasteiger charge is 2.23. The molecule has 1 fully saturated rings. The second-order valence-corrected chi connectivity index (χ2v) is 4.56. The number of carbonyl (C=O) groups excluding carboxylic acids is 2. The summed E-state index contributed by atoms with van der Waals surface area (Å²) in [7, 11) is 0. The molecule has 0 bridgehead atoms. The minimum absolute atomic E-state index is 0.0327. The zero-order valence-corrected chi connectivity index (χ0v) is 11.1. The van der Waals surface area contributed by atoms with E-state index in [1.807, 2.05) is 0 Å². The van der Waals surface area contributed by atoms with Crippen LogP contribution in [0.25, 0.3) is 0 Å². The lowest BCUT2D eigenvalue weighted by Gasteiger charge is -2.32. The van der Waals surface area contributed by atoms with Gasteiger partial charge in [-0.2, -0.15) is 0 Å². The van der Waals surface area contributed by atoms with Crippen LogP contribution >= 0.6 is 0 Å². The number of morpholine rings is 1. The Morgan fingerprint density at radius 2 is 2.32 bits per heavy atom. The molecule has 1 saturated heterocycles. The highest BCUT2D eigenvalue weighted by Crippen LogP contribution is 2.09. The van der Waals surface area contributed by atoms with E-state index in [2.05, 4.69) is 5.32 Å². The molecule has 0 spiro atoms. The molecular formula is C13H18N2O4. The predicted molar refractivity (Wildman–Crippen MR) is 67.8 cm³/mol. The van der Waals surface area contributed by atoms with Gasteiger partial charge in [-0.25, -0.2) is 0 Å². The van der Waals surface area contributed by atoms with Crippen LogP contribution in [0.5, 0.6) is 0 Å². The SMILES string of the molecule is CC(=O)N1CCO[C@@H](CNC(=O)c2ccoc2C)C1. The third kappa shape index (κ3) is 3.35. The van der Waals surface area contributed by atoms with Crippen LogP contribution in [0.15, 0.2) is 16.7 Å². The lowest BCUT2D eigenvalue weighted by atomic mass is 10.2. The Morgan fingerprint density at radius 1 is 1.53 bits per heavy atom. The first-order chi connectivity index (χ1) is 9.08. The number of amides is 2. The molecule has 1 aromatic heterocycles. The Kier molecular flexibility index (Phi) is 4.21. The van der Waals surface area contributed by atoms with Crippen molar-refractivity contribution in [3.8, 4) is 0 Å². The molecule has 0 unspecified atom stereocenters. The van der Waals surface area contributed by atoms with Gasteiger partial charge in [0.05, 0.1) is 24.5 Å². The highest BCUT2D eigenvalue weighted by atomic mass is 16.5. The Morgan fingerprint density at radius 3 is 2.95 bits per heavy atom. The Balaban J connectivity index is 1.84. The monoisotopic (exact) mass is 266 g/mol. The summed E-state index contributed by atoms with van der Waals surface area (Å²) in [4.78, 5) is 24.9. The third-order valence-electron chi connectivity index (χ3n) is 3.18. The molecule has 0 aliphatic carbocycles. The minimum Gasteiger partial charge on any atom is -0.469 e. The van der Waals surface area contributed by atoms with Crippen molar-refractivity contribution >= 4 is 11.8 Å². The van der Waals surface area contributed by atoms with Crippen LogP contribution in [0.2, 0.25) is 0 Å². The summed E-state index contributed by atoms with van der Waals surface area (Å²) in [6, 6.07) is 1.63. The topological polar surface area (TPSA) is 71.8 Å². The highest BCUT2D eigenvalue weighted by molar-refractivity contribution is 5.95. The van der Waals surface area contributed by atoms with E-state index < -0.39 is 0 Å². The van der Waals surface area contributed by atoms with Crippen molar-refractivity contribution < 1.29 is 18.7 Å². The zero-order valence-electron chi connectivity index (χ0n) is 11.1. The van der Waals surface area contributed by atoms with E-state index in [0.717, 1.165) is 0 Å². The average Bonchev–Trinajstić information content (AvgIpc) is 2.82. The summed E-state index contributed by atoms with van der Waals surface area (Å²) in [6.45, 7) is 5.29. The molecule has 2 amide bonds. The van der Waals surface area contributed by atoms with E-state index in [-0.39, 0.29) is 17.9 Å². The molecule has 1 aliphatic heterocycles. The van der Waals surface area contributed by atoms with Crippen molar-refractivity contribution in [2.24, 2.45) is 0 Å². The van der Waals surface area contributed by atoms with E-state index in [1.165, 1.54) is 13.2 Å². The zero-order chi connectivity index (χ0) is 13.8. The fourth-order valence-electron chi connectivity index (χ4n) is 2.05. The molecular weight excluding hydrogens is 248 g/mol. The van der Waals surface area contributed by atoms with Crippen molar-refractivity contribution in [2.75, 3.05) is 26.2 Å². The Bertz CT molecular complexity index is 469. The number of rotatable bonds is 3. The fraction of sp³-hybridized carbons (Fsp3) is 0.538. The summed E-state index contributed by atoms with van der Waals surface area (Å²) in [5.74, 6) is 0.438. The molecule has 2 heterocycles. The maximum atomic E-state index is 11.9. The van der Waals surface area contributed by atoms with Crippen molar-refractivity contribution in [3.05, 3.63) is 23.7 Å². The largest absolute Gasteiger partial charge is 0.469 e. The molecule has 104 valence electrons. The van der Waals surface area contributed by atoms with Gasteiger partial charge in [0.1, 0.15) is 5.76 Å². The lowest BCUT2D eigenvalue weighted by Crippen LogP contribution is -2.49. The van der Waals surface area contributed by atoms with Crippen LogP contribution in [-0.4, -0.2) is 49.1 Å². The molecule has 19 heavy (non-hydrogen) atoms. The van der Waals surface area contributed by atoms with Gasteiger partial charge in [-0.1, -0.05) is 0 Å². The van der Waals surface area contributed by atoms with Crippen LogP contribution in [-0.2, 0) is 9.53 Å². The standard InChI is InChI=1S/C13H18N2O4/c1-9-12(3-5-18-9)13(17)14-7-11-8-15(10(2)16)4-6-19-11/h3,5,11H,4,6-8H2,1-2H3,(H,14,17)/t11-/m0/s1. The molecule has 1 atom stereocenters. The summed E-state index contributed by atoms with van der Waals surface area (Å²) < 4.78 is 10.6. The maximum absolute atomic E-state index is 11.9. The number of hydrogen-bond donors (Lipinski definition) is 1. The molecule has 1 aromatic rings. The molecule has 2 rings (SSSR count). The van der Waals surface area contributed by atoms with Gasteiger partial charge in [-0.15, -0.1) is 0 Å². The average molecular weight is 266 g/mol. The van der Waals surface area contributed by atoms with Gasteiger partial charge in [0.2, 0.25) is 5.91 Å². The van der Waals surface area contributed by atoms with E-state index in [4.69, 9.17) is 9.15 Å². The van der Waals surface area contributed by atoms with E-state index in [9.17, 15) is 9.59 Å². The van der Waals surface area contributed by atoms with Crippen LogP contribution in [0.1, 0.15) is 23.0 Å². The molecule has 1 aliphatic rings. The first-order valence-electron chi connectivity index (χ1n) is 6.27. The van der Waals surface area contributed by atoms with Crippen molar-refractivity contribution in [1.29, 1.82) is 0 Å². The van der Waals surface area contributed by atoms with Crippen molar-refractivity contribution in [2.45, 2.75) is 20.0 Å². The third-order valence-corrected chi connectivity index (χ3v) is 3.18. The van der Waals surface area contributed by atoms with Crippen molar-refractivity contribution in [1.82, 2.24) is 10.2 Å². The number of nitrogens with one attached hydrogen (secondary N) is 1. The minimum atomic E-state index is -0.185. The van der Waals surface area contributed by atoms with Crippen LogP contribution < -0.4 is 5.32 Å². The van der Waals surface area contributed by atoms with Gasteiger partial charge >= 0.3 is 0 Å². The first kappa shape index (κ1) is 13.6. The predicted octanol–water partition coefficient (Wildman–Crippen LogP) is 0.565. The molecule has 0 saturated carbocycles. The quantitative estimate of drug-likeness (QED) is 0.868. The smallest absolute Gasteiger partial charge is 0.254 e. The number of carbonyl (C=O) groups is 2. The van der Waals surface area contributed by atoms with Gasteiger partial charge in [-0.3, -0.25) is 9.59 Å². The summed E-state index contributed by atoms with van der Waals surface area (Å²) in [5, 5.41) is 2.79. The number of furan rings is 1. The van der Waals surface area contributed by atoms with Gasteiger partial charge in [-0.05, 0) is 13.0 Å². The molecule has 0 aromatic carbocycles. The van der Waals surface area contributed by atoms with E-state index in [1.54, 1.807) is 17.9 Å². The Hall–Kier alpha value is -1.82. The van der Waals surface area contributed by atoms with Crippen LogP contribution in [0.4, 0.5) is 0 Å². The number of ether oxygens (including phenoxy) is 1. The van der Waals surface area contributed by atoms with Gasteiger partial charge in [0, 0.05) is 26.6 Å². The fourth-order valence-corrected chi connectivity index (χ4v) is 2.05. The summed E-state index contributed by atoms with van der Waals surface area (Å²) in [5.41, 5.74) is 0.527. The second kappa shape index (κ2) is 5.88. The number of hydrogen-bond acceptors (Lipinski definition) is 4. The lowest BCUT2D eigenvalue weighted by molar-refractivity contribution is -0.136. The van der Waals surface area contributed by atoms with E-state index in [0.29, 0.717) is 37.6 Å². The van der Waals surface area contributed by atoms with Gasteiger partial charge < -0.3 is 19.4 Å². The van der Waals surface area contributed by atoms with Crippen LogP contribution in [0.3, 0.4) is 0 Å². The maximum Gasteiger partial charge on any atom is 0.254 e. The van der Waals surface area contributed by atoms with Gasteiger partial charge in [0.25, 0.3) is 5.91 Å². The molecule has 1 N–H and O–H groups in total. The first-order valence-corrected chi connectivity index (χ1v) is 6.27. The molecule has 0 radical (unpaired) electrons. The van der Waals surface area contributed by atoms with E-state index >= 15 is 0 Å². The molecule has 6 heteroatoms. The van der Waals surface area contributed by atoms with Crippen molar-refractivity contribution in [3.63, 3.8) is 0 Å². The molecule has 6 nitrogen and oxygen atoms in total. The van der Waals surface area contributed by atoms with Crippen LogP contribution in [0, 0.1) is 6.92 Å². The summed E-state index contributed by atoms with van der Waals surface area (Å²) >= 11 is 0. The Labute approximate surface area is 111 Å². The number of aryl methyl sites for hydroxylation is 1.